The van der Waals surface area contributed by atoms with Gasteiger partial charge in [0, 0.05) is 23.4 Å². The van der Waals surface area contributed by atoms with Gasteiger partial charge in [0.2, 0.25) is 0 Å². The van der Waals surface area contributed by atoms with Crippen LogP contribution in [0.15, 0.2) is 30.3 Å². The molecule has 1 aromatic carbocycles. The Labute approximate surface area is 118 Å². The lowest BCUT2D eigenvalue weighted by atomic mass is 10.1. The number of aryl methyl sites for hydroxylation is 1. The van der Waals surface area contributed by atoms with Crippen molar-refractivity contribution in [3.63, 3.8) is 0 Å². The van der Waals surface area contributed by atoms with Crippen molar-refractivity contribution < 1.29 is 4.39 Å². The van der Waals surface area contributed by atoms with E-state index in [0.29, 0.717) is 23.8 Å². The van der Waals surface area contributed by atoms with Crippen LogP contribution < -0.4 is 5.73 Å². The zero-order valence-corrected chi connectivity index (χ0v) is 12.0. The third-order valence-corrected chi connectivity index (χ3v) is 3.33. The van der Waals surface area contributed by atoms with Gasteiger partial charge in [-0.15, -0.1) is 0 Å². The number of benzene rings is 1. The number of anilines is 1. The predicted octanol–water partition coefficient (Wildman–Crippen LogP) is 2.70. The normalized spacial score (nSPS) is 12.7. The Balaban J connectivity index is 2.15. The van der Waals surface area contributed by atoms with Crippen LogP contribution >= 0.6 is 0 Å². The minimum Gasteiger partial charge on any atom is -0.384 e. The molecular formula is C15H19FN4. The summed E-state index contributed by atoms with van der Waals surface area (Å²) in [6, 6.07) is 8.45. The summed E-state index contributed by atoms with van der Waals surface area (Å²) in [5.41, 5.74) is 7.21. The molecule has 106 valence electrons. The maximum atomic E-state index is 13.8. The summed E-state index contributed by atoms with van der Waals surface area (Å²) < 4.78 is 13.8. The number of rotatable bonds is 4. The fraction of sp³-hybridized carbons (Fsp3) is 0.333. The van der Waals surface area contributed by atoms with Gasteiger partial charge in [-0.25, -0.2) is 14.4 Å². The summed E-state index contributed by atoms with van der Waals surface area (Å²) in [4.78, 5) is 10.5. The number of hydrogen-bond donors (Lipinski definition) is 1. The Hall–Kier alpha value is -2.01. The van der Waals surface area contributed by atoms with Crippen LogP contribution in [0.2, 0.25) is 0 Å². The second-order valence-electron chi connectivity index (χ2n) is 4.96. The van der Waals surface area contributed by atoms with E-state index in [-0.39, 0.29) is 11.9 Å². The molecule has 0 radical (unpaired) electrons. The van der Waals surface area contributed by atoms with Crippen LogP contribution in [0, 0.1) is 12.7 Å². The first-order valence-corrected chi connectivity index (χ1v) is 6.52. The van der Waals surface area contributed by atoms with Crippen LogP contribution in [-0.4, -0.2) is 21.9 Å². The number of aromatic nitrogens is 2. The second-order valence-corrected chi connectivity index (χ2v) is 4.96. The third-order valence-electron chi connectivity index (χ3n) is 3.33. The number of nitrogens with zero attached hydrogens (tertiary/aromatic N) is 3. The molecule has 5 heteroatoms. The summed E-state index contributed by atoms with van der Waals surface area (Å²) in [7, 11) is 1.92. The van der Waals surface area contributed by atoms with Crippen molar-refractivity contribution in [1.82, 2.24) is 14.9 Å². The Bertz CT molecular complexity index is 580. The smallest absolute Gasteiger partial charge is 0.144 e. The summed E-state index contributed by atoms with van der Waals surface area (Å²) in [6.45, 7) is 4.35. The number of halogens is 1. The molecule has 0 bridgehead atoms. The number of nitrogen functional groups attached to an aromatic ring is 1. The van der Waals surface area contributed by atoms with E-state index in [0.717, 1.165) is 5.69 Å². The standard InChI is InChI=1S/C15H19FN4/c1-10-8-14(17)19-15(18-10)9-20(3)11(2)12-6-4-5-7-13(12)16/h4-8,11H,9H2,1-3H3,(H2,17,18,19). The molecule has 1 unspecified atom stereocenters. The molecule has 2 aromatic rings. The van der Waals surface area contributed by atoms with Gasteiger partial charge >= 0.3 is 0 Å². The molecule has 0 fully saturated rings. The molecular weight excluding hydrogens is 255 g/mol. The first-order chi connectivity index (χ1) is 9.47. The van der Waals surface area contributed by atoms with E-state index >= 15 is 0 Å². The van der Waals surface area contributed by atoms with Crippen LogP contribution in [-0.2, 0) is 6.54 Å². The molecule has 0 amide bonds. The zero-order chi connectivity index (χ0) is 14.7. The highest BCUT2D eigenvalue weighted by Crippen LogP contribution is 2.22. The quantitative estimate of drug-likeness (QED) is 0.931. The minimum absolute atomic E-state index is 0.0680. The van der Waals surface area contributed by atoms with E-state index in [1.165, 1.54) is 6.07 Å². The average Bonchev–Trinajstić information content (AvgIpc) is 2.37. The topological polar surface area (TPSA) is 55.0 Å². The largest absolute Gasteiger partial charge is 0.384 e. The van der Waals surface area contributed by atoms with Crippen molar-refractivity contribution in [1.29, 1.82) is 0 Å². The highest BCUT2D eigenvalue weighted by Gasteiger charge is 2.16. The highest BCUT2D eigenvalue weighted by molar-refractivity contribution is 5.29. The van der Waals surface area contributed by atoms with Crippen molar-refractivity contribution in [2.75, 3.05) is 12.8 Å². The number of nitrogens with two attached hydrogens (primary N) is 1. The molecule has 0 saturated heterocycles. The minimum atomic E-state index is -0.198. The SMILES string of the molecule is Cc1cc(N)nc(CN(C)C(C)c2ccccc2F)n1. The van der Waals surface area contributed by atoms with Gasteiger partial charge in [-0.3, -0.25) is 4.90 Å². The monoisotopic (exact) mass is 274 g/mol. The van der Waals surface area contributed by atoms with E-state index in [1.807, 2.05) is 31.9 Å². The molecule has 1 heterocycles. The van der Waals surface area contributed by atoms with Gasteiger partial charge in [-0.05, 0) is 27.0 Å². The summed E-state index contributed by atoms with van der Waals surface area (Å²) in [5.74, 6) is 0.907. The molecule has 0 saturated carbocycles. The summed E-state index contributed by atoms with van der Waals surface area (Å²) in [5, 5.41) is 0. The van der Waals surface area contributed by atoms with Crippen LogP contribution in [0.25, 0.3) is 0 Å². The second kappa shape index (κ2) is 5.96. The van der Waals surface area contributed by atoms with Crippen molar-refractivity contribution in [3.05, 3.63) is 53.2 Å². The van der Waals surface area contributed by atoms with Crippen LogP contribution in [0.3, 0.4) is 0 Å². The molecule has 4 nitrogen and oxygen atoms in total. The van der Waals surface area contributed by atoms with E-state index < -0.39 is 0 Å². The molecule has 2 N–H and O–H groups in total. The Morgan fingerprint density at radius 3 is 2.65 bits per heavy atom. The fourth-order valence-corrected chi connectivity index (χ4v) is 2.14. The maximum Gasteiger partial charge on any atom is 0.144 e. The molecule has 0 aliphatic rings. The highest BCUT2D eigenvalue weighted by atomic mass is 19.1. The van der Waals surface area contributed by atoms with E-state index in [9.17, 15) is 4.39 Å². The van der Waals surface area contributed by atoms with Crippen LogP contribution in [0.4, 0.5) is 10.2 Å². The molecule has 0 aliphatic carbocycles. The van der Waals surface area contributed by atoms with E-state index in [2.05, 4.69) is 9.97 Å². The molecule has 20 heavy (non-hydrogen) atoms. The van der Waals surface area contributed by atoms with Crippen molar-refractivity contribution >= 4 is 5.82 Å². The van der Waals surface area contributed by atoms with Gasteiger partial charge in [0.15, 0.2) is 0 Å². The van der Waals surface area contributed by atoms with Gasteiger partial charge in [0.05, 0.1) is 6.54 Å². The van der Waals surface area contributed by atoms with Crippen molar-refractivity contribution in [2.45, 2.75) is 26.4 Å². The third kappa shape index (κ3) is 3.30. The maximum absolute atomic E-state index is 13.8. The molecule has 1 atom stereocenters. The Morgan fingerprint density at radius 2 is 2.00 bits per heavy atom. The van der Waals surface area contributed by atoms with Gasteiger partial charge < -0.3 is 5.73 Å². The molecule has 2 rings (SSSR count). The Morgan fingerprint density at radius 1 is 1.30 bits per heavy atom. The lowest BCUT2D eigenvalue weighted by Gasteiger charge is -2.24. The number of hydrogen-bond acceptors (Lipinski definition) is 4. The lowest BCUT2D eigenvalue weighted by Crippen LogP contribution is -2.24. The van der Waals surface area contributed by atoms with Crippen molar-refractivity contribution in [3.8, 4) is 0 Å². The van der Waals surface area contributed by atoms with Crippen LogP contribution in [0.1, 0.15) is 30.0 Å². The van der Waals surface area contributed by atoms with Gasteiger partial charge in [0.1, 0.15) is 17.5 Å². The van der Waals surface area contributed by atoms with Gasteiger partial charge in [-0.1, -0.05) is 18.2 Å². The van der Waals surface area contributed by atoms with E-state index in [4.69, 9.17) is 5.73 Å². The molecule has 0 aliphatic heterocycles. The first-order valence-electron chi connectivity index (χ1n) is 6.52. The summed E-state index contributed by atoms with van der Waals surface area (Å²) in [6.07, 6.45) is 0. The average molecular weight is 274 g/mol. The Kier molecular flexibility index (Phi) is 4.29. The van der Waals surface area contributed by atoms with Crippen LogP contribution in [0.5, 0.6) is 0 Å². The zero-order valence-electron chi connectivity index (χ0n) is 12.0. The summed E-state index contributed by atoms with van der Waals surface area (Å²) >= 11 is 0. The van der Waals surface area contributed by atoms with Gasteiger partial charge in [0.25, 0.3) is 0 Å². The van der Waals surface area contributed by atoms with E-state index in [1.54, 1.807) is 18.2 Å². The lowest BCUT2D eigenvalue weighted by molar-refractivity contribution is 0.242. The molecule has 1 aromatic heterocycles. The van der Waals surface area contributed by atoms with Crippen molar-refractivity contribution in [2.24, 2.45) is 0 Å². The fourth-order valence-electron chi connectivity index (χ4n) is 2.14. The predicted molar refractivity (Wildman–Crippen MR) is 77.5 cm³/mol. The molecule has 0 spiro atoms. The first kappa shape index (κ1) is 14.4. The van der Waals surface area contributed by atoms with Gasteiger partial charge in [-0.2, -0.15) is 0 Å².